The Morgan fingerprint density at radius 1 is 0.710 bits per heavy atom. The minimum Gasteiger partial charge on any atom is -0.379 e. The molecule has 0 saturated heterocycles. The minimum atomic E-state index is -0.368. The second kappa shape index (κ2) is 15.6. The van der Waals surface area contributed by atoms with E-state index in [2.05, 4.69) is 69.2 Å². The molecule has 0 radical (unpaired) electrons. The van der Waals surface area contributed by atoms with Crippen LogP contribution >= 0.6 is 0 Å². The zero-order valence-corrected chi connectivity index (χ0v) is 22.6. The second-order valence-corrected chi connectivity index (χ2v) is 9.55. The highest BCUT2D eigenvalue weighted by atomic mass is 16.6. The van der Waals surface area contributed by atoms with Crippen molar-refractivity contribution >= 4 is 0 Å². The van der Waals surface area contributed by atoms with Gasteiger partial charge in [0.25, 0.3) is 0 Å². The molecular weight excluding hydrogens is 392 g/mol. The van der Waals surface area contributed by atoms with Gasteiger partial charge in [-0.2, -0.15) is 0 Å². The molecule has 0 aromatic rings. The van der Waals surface area contributed by atoms with Gasteiger partial charge in [0.2, 0.25) is 0 Å². The summed E-state index contributed by atoms with van der Waals surface area (Å²) in [6, 6.07) is 0. The van der Waals surface area contributed by atoms with Gasteiger partial charge in [-0.05, 0) is 74.1 Å². The first-order chi connectivity index (χ1) is 14.5. The Morgan fingerprint density at radius 3 is 1.77 bits per heavy atom. The van der Waals surface area contributed by atoms with Crippen LogP contribution in [-0.4, -0.2) is 61.5 Å². The molecule has 0 aliphatic heterocycles. The van der Waals surface area contributed by atoms with Crippen LogP contribution in [0.25, 0.3) is 0 Å². The molecule has 0 N–H and O–H groups in total. The molecule has 7 unspecified atom stereocenters. The van der Waals surface area contributed by atoms with E-state index in [-0.39, 0.29) is 41.7 Å². The van der Waals surface area contributed by atoms with E-state index in [9.17, 15) is 0 Å². The fourth-order valence-corrected chi connectivity index (χ4v) is 3.57. The number of rotatable bonds is 19. The van der Waals surface area contributed by atoms with Crippen molar-refractivity contribution in [3.05, 3.63) is 0 Å². The molecule has 0 aromatic heterocycles. The van der Waals surface area contributed by atoms with Gasteiger partial charge in [0, 0.05) is 13.0 Å². The van der Waals surface area contributed by atoms with Crippen molar-refractivity contribution < 1.29 is 23.7 Å². The zero-order valence-electron chi connectivity index (χ0n) is 22.6. The summed E-state index contributed by atoms with van der Waals surface area (Å²) in [6.07, 6.45) is 5.11. The van der Waals surface area contributed by atoms with Crippen LogP contribution in [0.5, 0.6) is 0 Å². The third-order valence-corrected chi connectivity index (χ3v) is 6.64. The molecule has 0 aromatic carbocycles. The molecule has 0 rings (SSSR count). The molecule has 5 heteroatoms. The summed E-state index contributed by atoms with van der Waals surface area (Å²) in [6.45, 7) is 25.1. The SMILES string of the molecule is CCOCC(COC(C)(CC)C(C)OC(C)CC)OC(C)(CC)CC(C)OC(C)CC. The molecule has 0 amide bonds. The Hall–Kier alpha value is -0.200. The molecule has 0 bridgehead atoms. The van der Waals surface area contributed by atoms with E-state index in [0.717, 1.165) is 32.1 Å². The minimum absolute atomic E-state index is 0.00158. The van der Waals surface area contributed by atoms with Gasteiger partial charge in [0.1, 0.15) is 6.10 Å². The molecule has 7 atom stereocenters. The van der Waals surface area contributed by atoms with Crippen LogP contribution in [0.3, 0.4) is 0 Å². The highest BCUT2D eigenvalue weighted by Crippen LogP contribution is 2.28. The van der Waals surface area contributed by atoms with Crippen LogP contribution in [0.1, 0.15) is 108 Å². The summed E-state index contributed by atoms with van der Waals surface area (Å²) >= 11 is 0. The van der Waals surface area contributed by atoms with Crippen molar-refractivity contribution in [2.45, 2.75) is 150 Å². The standard InChI is InChI=1S/C26H54O5/c1-12-20(6)29-22(8)17-25(10,14-3)31-24(18-27-16-5)19-28-26(11,15-4)23(9)30-21(7)13-2/h20-24H,12-19H2,1-11H3. The van der Waals surface area contributed by atoms with Crippen molar-refractivity contribution in [2.75, 3.05) is 19.8 Å². The summed E-state index contributed by atoms with van der Waals surface area (Å²) in [5.41, 5.74) is -0.660. The van der Waals surface area contributed by atoms with Crippen molar-refractivity contribution in [1.82, 2.24) is 0 Å². The summed E-state index contributed by atoms with van der Waals surface area (Å²) in [5.74, 6) is 0. The van der Waals surface area contributed by atoms with Gasteiger partial charge in [0.05, 0.1) is 48.8 Å². The predicted molar refractivity (Wildman–Crippen MR) is 130 cm³/mol. The Morgan fingerprint density at radius 2 is 1.29 bits per heavy atom. The Kier molecular flexibility index (Phi) is 15.5. The maximum absolute atomic E-state index is 6.63. The number of ether oxygens (including phenoxy) is 5. The summed E-state index contributed by atoms with van der Waals surface area (Å²) in [4.78, 5) is 0. The van der Waals surface area contributed by atoms with Crippen LogP contribution < -0.4 is 0 Å². The molecule has 188 valence electrons. The van der Waals surface area contributed by atoms with Crippen molar-refractivity contribution in [3.8, 4) is 0 Å². The van der Waals surface area contributed by atoms with Crippen molar-refractivity contribution in [3.63, 3.8) is 0 Å². The Balaban J connectivity index is 5.16. The largest absolute Gasteiger partial charge is 0.379 e. The first-order valence-electron chi connectivity index (χ1n) is 12.7. The summed E-state index contributed by atoms with van der Waals surface area (Å²) < 4.78 is 31.1. The Bertz CT molecular complexity index is 446. The average Bonchev–Trinajstić information content (AvgIpc) is 2.74. The van der Waals surface area contributed by atoms with Crippen LogP contribution in [-0.2, 0) is 23.7 Å². The number of hydrogen-bond donors (Lipinski definition) is 0. The fraction of sp³-hybridized carbons (Fsp3) is 1.00. The van der Waals surface area contributed by atoms with E-state index < -0.39 is 0 Å². The van der Waals surface area contributed by atoms with Gasteiger partial charge in [-0.25, -0.2) is 0 Å². The molecule has 0 heterocycles. The van der Waals surface area contributed by atoms with Crippen LogP contribution in [0.2, 0.25) is 0 Å². The van der Waals surface area contributed by atoms with Crippen molar-refractivity contribution in [2.24, 2.45) is 0 Å². The molecule has 0 saturated carbocycles. The summed E-state index contributed by atoms with van der Waals surface area (Å²) in [5, 5.41) is 0. The van der Waals surface area contributed by atoms with Gasteiger partial charge in [-0.15, -0.1) is 0 Å². The lowest BCUT2D eigenvalue weighted by atomic mass is 9.95. The first kappa shape index (κ1) is 30.8. The van der Waals surface area contributed by atoms with Crippen molar-refractivity contribution in [1.29, 1.82) is 0 Å². The topological polar surface area (TPSA) is 46.2 Å². The number of hydrogen-bond acceptors (Lipinski definition) is 5. The molecular formula is C26H54O5. The van der Waals surface area contributed by atoms with Crippen LogP contribution in [0, 0.1) is 0 Å². The third kappa shape index (κ3) is 12.0. The quantitative estimate of drug-likeness (QED) is 0.225. The lowest BCUT2D eigenvalue weighted by Crippen LogP contribution is -2.47. The molecule has 0 aliphatic carbocycles. The smallest absolute Gasteiger partial charge is 0.105 e. The van der Waals surface area contributed by atoms with Gasteiger partial charge in [-0.1, -0.05) is 27.7 Å². The lowest BCUT2D eigenvalue weighted by Gasteiger charge is -2.39. The second-order valence-electron chi connectivity index (χ2n) is 9.55. The van der Waals surface area contributed by atoms with Gasteiger partial charge in [0.15, 0.2) is 0 Å². The molecule has 5 nitrogen and oxygen atoms in total. The molecule has 0 fully saturated rings. The van der Waals surface area contributed by atoms with E-state index in [1.54, 1.807) is 0 Å². The Labute approximate surface area is 193 Å². The molecule has 0 aliphatic rings. The molecule has 31 heavy (non-hydrogen) atoms. The van der Waals surface area contributed by atoms with E-state index >= 15 is 0 Å². The van der Waals surface area contributed by atoms with E-state index in [1.807, 2.05) is 6.92 Å². The lowest BCUT2D eigenvalue weighted by molar-refractivity contribution is -0.196. The third-order valence-electron chi connectivity index (χ3n) is 6.64. The normalized spacial score (nSPS) is 21.0. The maximum Gasteiger partial charge on any atom is 0.105 e. The van der Waals surface area contributed by atoms with Crippen LogP contribution in [0.4, 0.5) is 0 Å². The molecule has 0 spiro atoms. The fourth-order valence-electron chi connectivity index (χ4n) is 3.57. The van der Waals surface area contributed by atoms with E-state index in [1.165, 1.54) is 0 Å². The maximum atomic E-state index is 6.63. The zero-order chi connectivity index (χ0) is 24.1. The predicted octanol–water partition coefficient (Wildman–Crippen LogP) is 6.56. The van der Waals surface area contributed by atoms with Crippen LogP contribution in [0.15, 0.2) is 0 Å². The van der Waals surface area contributed by atoms with Gasteiger partial charge in [-0.3, -0.25) is 0 Å². The summed E-state index contributed by atoms with van der Waals surface area (Å²) in [7, 11) is 0. The van der Waals surface area contributed by atoms with Gasteiger partial charge >= 0.3 is 0 Å². The highest BCUT2D eigenvalue weighted by molar-refractivity contribution is 4.84. The highest BCUT2D eigenvalue weighted by Gasteiger charge is 2.35. The van der Waals surface area contributed by atoms with Gasteiger partial charge < -0.3 is 23.7 Å². The monoisotopic (exact) mass is 446 g/mol. The first-order valence-corrected chi connectivity index (χ1v) is 12.7. The van der Waals surface area contributed by atoms with E-state index in [0.29, 0.717) is 19.8 Å². The van der Waals surface area contributed by atoms with E-state index in [4.69, 9.17) is 23.7 Å². The average molecular weight is 447 g/mol.